The first-order chi connectivity index (χ1) is 7.25. The Bertz CT molecular complexity index is 445. The molecule has 0 saturated heterocycles. The minimum Gasteiger partial charge on any atom is -0.379 e. The molecule has 0 radical (unpaired) electrons. The van der Waals surface area contributed by atoms with Crippen LogP contribution in [0.1, 0.15) is 4.88 Å². The first kappa shape index (κ1) is 10.9. The summed E-state index contributed by atoms with van der Waals surface area (Å²) in [7, 11) is 0. The standard InChI is InChI=1S/C10H8BrClN2S/c11-9-4-7(5-14-10(9)12)13-6-8-2-1-3-15-8/h1-5,13H,6H2. The van der Waals surface area contributed by atoms with Crippen molar-refractivity contribution >= 4 is 44.6 Å². The second kappa shape index (κ2) is 4.96. The molecule has 0 aliphatic heterocycles. The van der Waals surface area contributed by atoms with Crippen LogP contribution in [0.25, 0.3) is 0 Å². The lowest BCUT2D eigenvalue weighted by molar-refractivity contribution is 1.17. The molecule has 0 unspecified atom stereocenters. The van der Waals surface area contributed by atoms with Gasteiger partial charge in [0.15, 0.2) is 0 Å². The number of nitrogens with one attached hydrogen (secondary N) is 1. The molecule has 78 valence electrons. The van der Waals surface area contributed by atoms with E-state index < -0.39 is 0 Å². The van der Waals surface area contributed by atoms with Gasteiger partial charge in [0.2, 0.25) is 0 Å². The summed E-state index contributed by atoms with van der Waals surface area (Å²) in [5.41, 5.74) is 0.958. The van der Waals surface area contributed by atoms with Gasteiger partial charge < -0.3 is 5.32 Å². The molecule has 1 N–H and O–H groups in total. The van der Waals surface area contributed by atoms with Gasteiger partial charge >= 0.3 is 0 Å². The third-order valence-electron chi connectivity index (χ3n) is 1.84. The van der Waals surface area contributed by atoms with Crippen molar-refractivity contribution in [3.8, 4) is 0 Å². The second-order valence-corrected chi connectivity index (χ2v) is 5.17. The second-order valence-electron chi connectivity index (χ2n) is 2.93. The van der Waals surface area contributed by atoms with Crippen LogP contribution in [0.4, 0.5) is 5.69 Å². The van der Waals surface area contributed by atoms with Gasteiger partial charge in [-0.3, -0.25) is 0 Å². The van der Waals surface area contributed by atoms with Crippen molar-refractivity contribution in [3.63, 3.8) is 0 Å². The van der Waals surface area contributed by atoms with Crippen molar-refractivity contribution in [1.29, 1.82) is 0 Å². The summed E-state index contributed by atoms with van der Waals surface area (Å²) in [6.45, 7) is 0.813. The first-order valence-electron chi connectivity index (χ1n) is 4.33. The average molecular weight is 304 g/mol. The molecule has 2 heterocycles. The van der Waals surface area contributed by atoms with E-state index in [1.54, 1.807) is 17.5 Å². The maximum atomic E-state index is 5.80. The lowest BCUT2D eigenvalue weighted by Gasteiger charge is -2.05. The lowest BCUT2D eigenvalue weighted by Crippen LogP contribution is -1.97. The number of hydrogen-bond donors (Lipinski definition) is 1. The molecule has 0 aliphatic rings. The fourth-order valence-electron chi connectivity index (χ4n) is 1.12. The molecule has 0 fully saturated rings. The third kappa shape index (κ3) is 2.93. The molecule has 2 nitrogen and oxygen atoms in total. The van der Waals surface area contributed by atoms with Crippen LogP contribution in [0.2, 0.25) is 5.15 Å². The topological polar surface area (TPSA) is 24.9 Å². The van der Waals surface area contributed by atoms with Gasteiger partial charge in [-0.1, -0.05) is 17.7 Å². The van der Waals surface area contributed by atoms with Gasteiger partial charge in [-0.05, 0) is 33.4 Å². The maximum absolute atomic E-state index is 5.80. The fraction of sp³-hybridized carbons (Fsp3) is 0.100. The van der Waals surface area contributed by atoms with E-state index in [9.17, 15) is 0 Å². The summed E-state index contributed by atoms with van der Waals surface area (Å²) in [5.74, 6) is 0. The molecular formula is C10H8BrClN2S. The summed E-state index contributed by atoms with van der Waals surface area (Å²) >= 11 is 10.9. The van der Waals surface area contributed by atoms with Crippen LogP contribution in [-0.4, -0.2) is 4.98 Å². The molecule has 2 aromatic heterocycles. The summed E-state index contributed by atoms with van der Waals surface area (Å²) in [6, 6.07) is 6.05. The summed E-state index contributed by atoms with van der Waals surface area (Å²) in [5, 5.41) is 5.82. The van der Waals surface area contributed by atoms with Crippen molar-refractivity contribution in [2.24, 2.45) is 0 Å². The number of halogens is 2. The lowest BCUT2D eigenvalue weighted by atomic mass is 10.4. The summed E-state index contributed by atoms with van der Waals surface area (Å²) in [4.78, 5) is 5.33. The monoisotopic (exact) mass is 302 g/mol. The van der Waals surface area contributed by atoms with Crippen molar-refractivity contribution in [2.45, 2.75) is 6.54 Å². The molecule has 0 spiro atoms. The Morgan fingerprint density at radius 3 is 3.07 bits per heavy atom. The number of anilines is 1. The molecular weight excluding hydrogens is 296 g/mol. The third-order valence-corrected chi connectivity index (χ3v) is 3.85. The van der Waals surface area contributed by atoms with Crippen molar-refractivity contribution in [1.82, 2.24) is 4.98 Å². The van der Waals surface area contributed by atoms with E-state index in [0.29, 0.717) is 5.15 Å². The molecule has 5 heteroatoms. The Labute approximate surface area is 105 Å². The molecule has 0 amide bonds. The fourth-order valence-corrected chi connectivity index (χ4v) is 2.22. The molecule has 0 saturated carbocycles. The Hall–Kier alpha value is -0.580. The van der Waals surface area contributed by atoms with E-state index in [0.717, 1.165) is 16.7 Å². The van der Waals surface area contributed by atoms with Crippen molar-refractivity contribution in [3.05, 3.63) is 44.3 Å². The highest BCUT2D eigenvalue weighted by atomic mass is 79.9. The van der Waals surface area contributed by atoms with Crippen LogP contribution in [0, 0.1) is 0 Å². The van der Waals surface area contributed by atoms with Gasteiger partial charge in [0.05, 0.1) is 16.4 Å². The number of nitrogens with zero attached hydrogens (tertiary/aromatic N) is 1. The smallest absolute Gasteiger partial charge is 0.143 e. The van der Waals surface area contributed by atoms with E-state index in [-0.39, 0.29) is 0 Å². The largest absolute Gasteiger partial charge is 0.379 e. The van der Waals surface area contributed by atoms with Gasteiger partial charge in [-0.15, -0.1) is 11.3 Å². The number of aromatic nitrogens is 1. The molecule has 0 aliphatic carbocycles. The quantitative estimate of drug-likeness (QED) is 0.861. The Morgan fingerprint density at radius 2 is 2.40 bits per heavy atom. The van der Waals surface area contributed by atoms with Gasteiger partial charge in [0.25, 0.3) is 0 Å². The summed E-state index contributed by atoms with van der Waals surface area (Å²) in [6.07, 6.45) is 1.72. The number of rotatable bonds is 3. The van der Waals surface area contributed by atoms with Crippen LogP contribution >= 0.6 is 38.9 Å². The zero-order chi connectivity index (χ0) is 10.7. The Balaban J connectivity index is 2.02. The summed E-state index contributed by atoms with van der Waals surface area (Å²) < 4.78 is 0.806. The van der Waals surface area contributed by atoms with Crippen LogP contribution in [0.15, 0.2) is 34.2 Å². The average Bonchev–Trinajstić information content (AvgIpc) is 2.73. The predicted octanol–water partition coefficient (Wildman–Crippen LogP) is 4.17. The highest BCUT2D eigenvalue weighted by molar-refractivity contribution is 9.10. The predicted molar refractivity (Wildman–Crippen MR) is 68.6 cm³/mol. The van der Waals surface area contributed by atoms with Crippen LogP contribution in [-0.2, 0) is 6.54 Å². The first-order valence-corrected chi connectivity index (χ1v) is 6.38. The molecule has 2 aromatic rings. The number of pyridine rings is 1. The van der Waals surface area contributed by atoms with Crippen LogP contribution in [0.5, 0.6) is 0 Å². The van der Waals surface area contributed by atoms with Gasteiger partial charge in [-0.25, -0.2) is 4.98 Å². The zero-order valence-corrected chi connectivity index (χ0v) is 10.9. The van der Waals surface area contributed by atoms with E-state index in [4.69, 9.17) is 11.6 Å². The van der Waals surface area contributed by atoms with E-state index >= 15 is 0 Å². The van der Waals surface area contributed by atoms with E-state index in [1.165, 1.54) is 4.88 Å². The SMILES string of the molecule is Clc1ncc(NCc2cccs2)cc1Br. The molecule has 2 rings (SSSR count). The van der Waals surface area contributed by atoms with Crippen molar-refractivity contribution in [2.75, 3.05) is 5.32 Å². The van der Waals surface area contributed by atoms with Gasteiger partial charge in [-0.2, -0.15) is 0 Å². The molecule has 15 heavy (non-hydrogen) atoms. The minimum absolute atomic E-state index is 0.483. The van der Waals surface area contributed by atoms with Gasteiger partial charge in [0, 0.05) is 11.4 Å². The molecule has 0 bridgehead atoms. The highest BCUT2D eigenvalue weighted by Gasteiger charge is 2.00. The number of hydrogen-bond acceptors (Lipinski definition) is 3. The van der Waals surface area contributed by atoms with E-state index in [1.807, 2.05) is 12.1 Å². The van der Waals surface area contributed by atoms with Crippen LogP contribution < -0.4 is 5.32 Å². The van der Waals surface area contributed by atoms with Crippen molar-refractivity contribution < 1.29 is 0 Å². The van der Waals surface area contributed by atoms with Gasteiger partial charge in [0.1, 0.15) is 5.15 Å². The maximum Gasteiger partial charge on any atom is 0.143 e. The molecule has 0 aromatic carbocycles. The minimum atomic E-state index is 0.483. The normalized spacial score (nSPS) is 10.3. The number of thiophene rings is 1. The van der Waals surface area contributed by atoms with E-state index in [2.05, 4.69) is 37.7 Å². The molecule has 0 atom stereocenters. The Morgan fingerprint density at radius 1 is 1.53 bits per heavy atom. The Kier molecular flexibility index (Phi) is 3.61. The zero-order valence-electron chi connectivity index (χ0n) is 7.71. The highest BCUT2D eigenvalue weighted by Crippen LogP contribution is 2.23. The van der Waals surface area contributed by atoms with Crippen LogP contribution in [0.3, 0.4) is 0 Å².